The van der Waals surface area contributed by atoms with Gasteiger partial charge in [0.05, 0.1) is 13.2 Å². The normalized spacial score (nSPS) is 31.6. The second-order valence-corrected chi connectivity index (χ2v) is 9.76. The van der Waals surface area contributed by atoms with E-state index in [4.69, 9.17) is 23.4 Å². The highest BCUT2D eigenvalue weighted by atomic mass is 16.7. The Kier molecular flexibility index (Phi) is 8.17. The minimum absolute atomic E-state index is 0.0876. The van der Waals surface area contributed by atoms with Crippen molar-refractivity contribution in [3.05, 3.63) is 40.6 Å². The number of hydrogen-bond donors (Lipinski definition) is 10. The lowest BCUT2D eigenvalue weighted by Crippen LogP contribution is -2.60. The lowest BCUT2D eigenvalue weighted by atomic mass is 9.99. The van der Waals surface area contributed by atoms with Crippen LogP contribution in [0.5, 0.6) is 28.7 Å². The largest absolute Gasteiger partial charge is 0.508 e. The Balaban J connectivity index is 1.66. The van der Waals surface area contributed by atoms with Crippen LogP contribution >= 0.6 is 0 Å². The molecule has 2 fully saturated rings. The molecule has 3 aromatic rings. The summed E-state index contributed by atoms with van der Waals surface area (Å²) in [4.78, 5) is 13.3. The molecule has 10 N–H and O–H groups in total. The van der Waals surface area contributed by atoms with Crippen LogP contribution in [0.15, 0.2) is 39.5 Å². The Morgan fingerprint density at radius 1 is 0.786 bits per heavy atom. The average Bonchev–Trinajstić information content (AvgIpc) is 2.97. The first-order valence-electron chi connectivity index (χ1n) is 12.6. The van der Waals surface area contributed by atoms with Crippen LogP contribution in [-0.4, -0.2) is 120 Å². The quantitative estimate of drug-likeness (QED) is 0.142. The fourth-order valence-electron chi connectivity index (χ4n) is 4.58. The van der Waals surface area contributed by atoms with Crippen LogP contribution in [0.1, 0.15) is 0 Å². The number of phenolic OH excluding ortho intramolecular Hbond substituents is 3. The van der Waals surface area contributed by atoms with Gasteiger partial charge in [-0.05, 0) is 24.3 Å². The number of aliphatic hydroxyl groups excluding tert-OH is 7. The molecule has 2 aromatic carbocycles. The van der Waals surface area contributed by atoms with Crippen molar-refractivity contribution in [3.63, 3.8) is 0 Å². The van der Waals surface area contributed by atoms with Crippen molar-refractivity contribution in [2.24, 2.45) is 0 Å². The van der Waals surface area contributed by atoms with Crippen molar-refractivity contribution in [1.29, 1.82) is 0 Å². The van der Waals surface area contributed by atoms with Crippen LogP contribution in [0.3, 0.4) is 0 Å². The lowest BCUT2D eigenvalue weighted by molar-refractivity contribution is -0.277. The summed E-state index contributed by atoms with van der Waals surface area (Å²) in [7, 11) is 0. The van der Waals surface area contributed by atoms with Gasteiger partial charge >= 0.3 is 0 Å². The average molecular weight is 596 g/mol. The van der Waals surface area contributed by atoms with E-state index in [0.717, 1.165) is 6.07 Å². The topological polar surface area (TPSA) is 269 Å². The second-order valence-electron chi connectivity index (χ2n) is 9.76. The molecule has 9 atom stereocenters. The van der Waals surface area contributed by atoms with Crippen molar-refractivity contribution < 1.29 is 74.4 Å². The van der Waals surface area contributed by atoms with E-state index >= 15 is 0 Å². The van der Waals surface area contributed by atoms with E-state index in [1.165, 1.54) is 24.3 Å². The molecular weight excluding hydrogens is 568 g/mol. The molecule has 42 heavy (non-hydrogen) atoms. The lowest BCUT2D eigenvalue weighted by Gasteiger charge is -2.39. The Morgan fingerprint density at radius 3 is 2.10 bits per heavy atom. The van der Waals surface area contributed by atoms with Crippen molar-refractivity contribution >= 4 is 11.0 Å². The van der Waals surface area contributed by atoms with Crippen LogP contribution in [-0.2, 0) is 9.47 Å². The van der Waals surface area contributed by atoms with Gasteiger partial charge in [-0.25, -0.2) is 0 Å². The number of ether oxygens (including phenoxy) is 4. The maximum Gasteiger partial charge on any atom is 0.229 e. The third-order valence-electron chi connectivity index (χ3n) is 6.96. The van der Waals surface area contributed by atoms with E-state index in [2.05, 4.69) is 0 Å². The molecule has 2 aliphatic rings. The molecule has 3 heterocycles. The van der Waals surface area contributed by atoms with Gasteiger partial charge in [-0.1, -0.05) is 0 Å². The van der Waals surface area contributed by atoms with E-state index in [0.29, 0.717) is 0 Å². The predicted octanol–water partition coefficient (Wildman–Crippen LogP) is -2.43. The van der Waals surface area contributed by atoms with Crippen molar-refractivity contribution in [2.75, 3.05) is 13.2 Å². The first kappa shape index (κ1) is 29.8. The zero-order valence-corrected chi connectivity index (χ0v) is 21.4. The fraction of sp³-hybridized carbons (Fsp3) is 0.423. The third-order valence-corrected chi connectivity index (χ3v) is 6.96. The summed E-state index contributed by atoms with van der Waals surface area (Å²) in [6, 6.07) is 6.38. The molecule has 0 aliphatic carbocycles. The molecule has 0 bridgehead atoms. The molecule has 1 aromatic heterocycles. The summed E-state index contributed by atoms with van der Waals surface area (Å²) in [6.45, 7) is -1.32. The molecule has 0 spiro atoms. The monoisotopic (exact) mass is 596 g/mol. The fourth-order valence-corrected chi connectivity index (χ4v) is 4.58. The van der Waals surface area contributed by atoms with Gasteiger partial charge < -0.3 is 74.4 Å². The summed E-state index contributed by atoms with van der Waals surface area (Å²) in [5, 5.41) is 102. The van der Waals surface area contributed by atoms with Gasteiger partial charge in [-0.15, -0.1) is 0 Å². The Labute approximate surface area is 235 Å². The zero-order chi connectivity index (χ0) is 30.5. The van der Waals surface area contributed by atoms with Gasteiger partial charge in [0, 0.05) is 11.6 Å². The molecule has 16 heteroatoms. The molecule has 2 aliphatic heterocycles. The Morgan fingerprint density at radius 2 is 1.43 bits per heavy atom. The highest BCUT2D eigenvalue weighted by molar-refractivity contribution is 5.95. The third kappa shape index (κ3) is 5.19. The van der Waals surface area contributed by atoms with E-state index < -0.39 is 108 Å². The van der Waals surface area contributed by atoms with Crippen LogP contribution in [0.2, 0.25) is 0 Å². The number of phenols is 3. The van der Waals surface area contributed by atoms with Gasteiger partial charge in [-0.3, -0.25) is 4.79 Å². The summed E-state index contributed by atoms with van der Waals surface area (Å²) < 4.78 is 27.3. The van der Waals surface area contributed by atoms with Gasteiger partial charge in [-0.2, -0.15) is 0 Å². The molecule has 0 saturated carbocycles. The summed E-state index contributed by atoms with van der Waals surface area (Å²) in [6.07, 6.45) is -15.8. The van der Waals surface area contributed by atoms with E-state index in [9.17, 15) is 55.9 Å². The molecule has 0 amide bonds. The zero-order valence-electron chi connectivity index (χ0n) is 21.4. The number of benzene rings is 2. The Bertz CT molecular complexity index is 1490. The summed E-state index contributed by atoms with van der Waals surface area (Å²) >= 11 is 0. The first-order valence-corrected chi connectivity index (χ1v) is 12.6. The summed E-state index contributed by atoms with van der Waals surface area (Å²) in [5.41, 5.74) is -1.23. The van der Waals surface area contributed by atoms with Crippen molar-refractivity contribution in [1.82, 2.24) is 0 Å². The van der Waals surface area contributed by atoms with Crippen LogP contribution in [0.25, 0.3) is 22.3 Å². The number of aliphatic hydroxyl groups is 7. The van der Waals surface area contributed by atoms with Gasteiger partial charge in [0.15, 0.2) is 16.8 Å². The number of hydrogen-bond acceptors (Lipinski definition) is 16. The molecule has 0 unspecified atom stereocenters. The molecule has 228 valence electrons. The number of aromatic hydroxyl groups is 3. The highest BCUT2D eigenvalue weighted by Crippen LogP contribution is 2.51. The van der Waals surface area contributed by atoms with Gasteiger partial charge in [0.2, 0.25) is 29.8 Å². The standard InChI is InChI=1S/C26H28O16/c27-6-13-16(32)18(34)20(36)26(40-13)42-24-21(37)23(41-25-19(35)15(31)11(30)7-38-25)17(33)14-10(29)5-12(39-22(14)24)8-1-3-9(28)4-2-8/h1-5,11,13,15-16,18-20,25-28,30-37H,6-7H2/t11-,13-,15-,16-,18+,19+,20-,25+,26+/m1/s1. The van der Waals surface area contributed by atoms with Crippen LogP contribution in [0.4, 0.5) is 0 Å². The number of fused-ring (bicyclic) bond motifs is 1. The van der Waals surface area contributed by atoms with Gasteiger partial charge in [0.25, 0.3) is 0 Å². The predicted molar refractivity (Wildman–Crippen MR) is 136 cm³/mol. The van der Waals surface area contributed by atoms with Crippen LogP contribution < -0.4 is 14.9 Å². The van der Waals surface area contributed by atoms with E-state index in [-0.39, 0.29) is 17.1 Å². The van der Waals surface area contributed by atoms with Crippen molar-refractivity contribution in [2.45, 2.75) is 55.3 Å². The molecule has 0 radical (unpaired) electrons. The SMILES string of the molecule is O=c1cc(-c2ccc(O)cc2)oc2c(O[C@@H]3O[C@H](CO)[C@@H](O)[C@H](O)[C@H]3O)c(O)c(O[C@@H]3OC[C@@H](O)[C@@H](O)[C@@H]3O)c(O)c12. The number of rotatable bonds is 6. The molecule has 2 saturated heterocycles. The van der Waals surface area contributed by atoms with Crippen LogP contribution in [0, 0.1) is 0 Å². The second kappa shape index (κ2) is 11.5. The maximum absolute atomic E-state index is 13.3. The van der Waals surface area contributed by atoms with Gasteiger partial charge in [0.1, 0.15) is 59.6 Å². The maximum atomic E-state index is 13.3. The summed E-state index contributed by atoms with van der Waals surface area (Å²) in [5.74, 6) is -3.99. The minimum atomic E-state index is -1.97. The smallest absolute Gasteiger partial charge is 0.229 e. The molecular formula is C26H28O16. The van der Waals surface area contributed by atoms with E-state index in [1.807, 2.05) is 0 Å². The Hall–Kier alpha value is -3.71. The van der Waals surface area contributed by atoms with Crippen molar-refractivity contribution in [3.8, 4) is 40.1 Å². The molecule has 16 nitrogen and oxygen atoms in total. The van der Waals surface area contributed by atoms with E-state index in [1.54, 1.807) is 0 Å². The highest BCUT2D eigenvalue weighted by Gasteiger charge is 2.46. The first-order chi connectivity index (χ1) is 19.9. The minimum Gasteiger partial charge on any atom is -0.508 e. The molecule has 5 rings (SSSR count).